The van der Waals surface area contributed by atoms with Crippen LogP contribution in [-0.4, -0.2) is 20.7 Å². The molecule has 1 aromatic heterocycles. The van der Waals surface area contributed by atoms with Crippen LogP contribution in [0.15, 0.2) is 297 Å². The van der Waals surface area contributed by atoms with Crippen LogP contribution in [0.25, 0.3) is 49.7 Å². The maximum Gasteiger partial charge on any atom is 0.179 e. The van der Waals surface area contributed by atoms with E-state index in [0.717, 1.165) is 31.5 Å². The quantitative estimate of drug-likeness (QED) is 0.0900. The van der Waals surface area contributed by atoms with Gasteiger partial charge in [-0.2, -0.15) is 0 Å². The highest BCUT2D eigenvalue weighted by Gasteiger charge is 2.44. The molecule has 0 bridgehead atoms. The maximum atomic E-state index is 9.81. The first-order chi connectivity index (χ1) is 38.4. The van der Waals surface area contributed by atoms with E-state index in [0.29, 0.717) is 16.2 Å². The van der Waals surface area contributed by atoms with Gasteiger partial charge in [0.05, 0.1) is 30.4 Å². The fourth-order valence-corrected chi connectivity index (χ4v) is 20.4. The molecule has 0 spiro atoms. The third-order valence-corrected chi connectivity index (χ3v) is 23.2. The van der Waals surface area contributed by atoms with E-state index < -0.39 is 76.6 Å². The summed E-state index contributed by atoms with van der Waals surface area (Å²) in [4.78, 5) is 0. The molecule has 0 aliphatic heterocycles. The minimum Gasteiger partial charge on any atom is -0.308 e. The number of benzene rings is 11. The molecule has 0 N–H and O–H groups in total. The van der Waals surface area contributed by atoms with Crippen molar-refractivity contribution in [1.29, 1.82) is 0 Å². The summed E-state index contributed by atoms with van der Waals surface area (Å²) in [5.41, 5.74) is 1.92. The summed E-state index contributed by atoms with van der Waals surface area (Å²) < 4.78 is 95.8. The molecule has 12 aromatic rings. The average Bonchev–Trinajstić information content (AvgIpc) is 4.11. The molecule has 69 heavy (non-hydrogen) atoms. The molecular weight excluding hydrogens is 863 g/mol. The summed E-state index contributed by atoms with van der Waals surface area (Å²) in [6.45, 7) is 0. The van der Waals surface area contributed by atoms with Gasteiger partial charge in [0.15, 0.2) is 16.1 Å². The molecule has 0 radical (unpaired) electrons. The first-order valence-corrected chi connectivity index (χ1v) is 27.1. The van der Waals surface area contributed by atoms with Gasteiger partial charge in [0.2, 0.25) is 0 Å². The number of nitrogens with zero attached hydrogens (tertiary/aromatic N) is 1. The summed E-state index contributed by atoms with van der Waals surface area (Å²) in [6, 6.07) is 75.5. The van der Waals surface area contributed by atoms with Crippen molar-refractivity contribution in [1.82, 2.24) is 4.57 Å². The Hall–Kier alpha value is -8.35. The largest absolute Gasteiger partial charge is 0.308 e. The van der Waals surface area contributed by atoms with Crippen molar-refractivity contribution in [2.45, 2.75) is 0 Å². The normalized spacial score (nSPS) is 13.8. The summed E-state index contributed by atoms with van der Waals surface area (Å²) >= 11 is 0. The van der Waals surface area contributed by atoms with Gasteiger partial charge in [0.1, 0.15) is 0 Å². The molecule has 0 fully saturated rings. The van der Waals surface area contributed by atoms with Gasteiger partial charge in [0.25, 0.3) is 0 Å². The van der Waals surface area contributed by atoms with Gasteiger partial charge in [-0.1, -0.05) is 285 Å². The van der Waals surface area contributed by atoms with Crippen LogP contribution < -0.4 is 41.5 Å². The van der Waals surface area contributed by atoms with Gasteiger partial charge >= 0.3 is 0 Å². The lowest BCUT2D eigenvalue weighted by Crippen LogP contribution is -2.74. The monoisotopic (exact) mass is 921 g/mol. The van der Waals surface area contributed by atoms with Crippen molar-refractivity contribution in [2.24, 2.45) is 0 Å². The Morgan fingerprint density at radius 1 is 0.275 bits per heavy atom. The van der Waals surface area contributed by atoms with Gasteiger partial charge in [-0.05, 0) is 64.8 Å². The second kappa shape index (κ2) is 18.0. The highest BCUT2D eigenvalue weighted by molar-refractivity contribution is 7.20. The van der Waals surface area contributed by atoms with Crippen molar-refractivity contribution in [3.05, 3.63) is 297 Å². The second-order valence-electron chi connectivity index (χ2n) is 17.2. The van der Waals surface area contributed by atoms with Gasteiger partial charge < -0.3 is 4.57 Å². The number of para-hydroxylation sites is 1. The first kappa shape index (κ1) is 32.4. The molecule has 12 rings (SSSR count). The maximum absolute atomic E-state index is 9.81. The lowest BCUT2D eigenvalue weighted by Gasteiger charge is -2.36. The van der Waals surface area contributed by atoms with Crippen LogP contribution in [0.1, 0.15) is 13.7 Å². The summed E-state index contributed by atoms with van der Waals surface area (Å²) in [5.74, 6) is 0. The van der Waals surface area contributed by atoms with E-state index in [1.54, 1.807) is 0 Å². The first-order valence-electron chi connectivity index (χ1n) is 28.1. The molecule has 11 aromatic carbocycles. The number of aromatic nitrogens is 1. The third kappa shape index (κ3) is 7.05. The number of hydrogen-bond acceptors (Lipinski definition) is 0. The molecule has 3 heteroatoms. The highest BCUT2D eigenvalue weighted by Crippen LogP contribution is 2.41. The SMILES string of the molecule is [2H]c1c([2H])c([2H])c(-c2cc([Si](c3ccccc3)(c3ccccc3)c3ccccc3)cc(-c3c([2H])c([2H])c([2H])c([2H])c3[2H])c2-n2c3ccccc3c3cc([Si](c4ccccc4)(c4ccccc4)c4ccccc4)ccc32)c([2H])c1[2H]. The van der Waals surface area contributed by atoms with Crippen LogP contribution in [0.3, 0.4) is 0 Å². The molecule has 0 atom stereocenters. The fraction of sp³-hybridized carbons (Fsp3) is 0. The molecule has 0 saturated heterocycles. The van der Waals surface area contributed by atoms with Gasteiger partial charge in [0, 0.05) is 21.9 Å². The van der Waals surface area contributed by atoms with Crippen LogP contribution >= 0.6 is 0 Å². The van der Waals surface area contributed by atoms with E-state index in [9.17, 15) is 11.0 Å². The van der Waals surface area contributed by atoms with E-state index in [2.05, 4.69) is 133 Å². The number of hydrogen-bond donors (Lipinski definition) is 0. The Bertz CT molecular complexity index is 3950. The fourth-order valence-electron chi connectivity index (χ4n) is 10.8. The van der Waals surface area contributed by atoms with Crippen molar-refractivity contribution in [3.63, 3.8) is 0 Å². The van der Waals surface area contributed by atoms with Crippen molar-refractivity contribution < 1.29 is 13.7 Å². The standard InChI is InChI=1S/C66H49NSi2/c1-9-27-50(28-10-1)61-48-59(69(55-37-19-6-20-38-55,56-39-21-7-22-40-56)57-41-23-8-24-42-57)49-62(51-29-11-2-12-30-51)66(61)67-64-44-26-25-43-60(64)63-47-58(45-46-65(63)67)68(52-31-13-3-14-32-52,53-33-15-4-16-34-53)54-35-17-5-18-36-54/h1-49H/i1D,2D,9D,10D,11D,12D,27D,28D,29D,30D. The van der Waals surface area contributed by atoms with E-state index in [-0.39, 0.29) is 27.9 Å². The van der Waals surface area contributed by atoms with Crippen molar-refractivity contribution in [2.75, 3.05) is 0 Å². The lowest BCUT2D eigenvalue weighted by molar-refractivity contribution is 1.18. The number of fused-ring (bicyclic) bond motifs is 3. The molecule has 0 aliphatic rings. The molecule has 0 amide bonds. The van der Waals surface area contributed by atoms with Crippen molar-refractivity contribution >= 4 is 79.4 Å². The van der Waals surface area contributed by atoms with Crippen LogP contribution in [0, 0.1) is 0 Å². The van der Waals surface area contributed by atoms with E-state index in [1.165, 1.54) is 15.6 Å². The second-order valence-corrected chi connectivity index (χ2v) is 24.8. The minimum atomic E-state index is -3.63. The molecule has 1 heterocycles. The van der Waals surface area contributed by atoms with Gasteiger partial charge in [-0.25, -0.2) is 0 Å². The summed E-state index contributed by atoms with van der Waals surface area (Å²) in [7, 11) is -6.74. The van der Waals surface area contributed by atoms with Crippen LogP contribution in [-0.2, 0) is 0 Å². The van der Waals surface area contributed by atoms with Crippen molar-refractivity contribution in [3.8, 4) is 27.9 Å². The molecule has 0 unspecified atom stereocenters. The minimum absolute atomic E-state index is 0.0974. The molecular formula is C66H49NSi2. The van der Waals surface area contributed by atoms with Crippen LogP contribution in [0.4, 0.5) is 0 Å². The topological polar surface area (TPSA) is 4.93 Å². The Morgan fingerprint density at radius 2 is 0.609 bits per heavy atom. The zero-order valence-electron chi connectivity index (χ0n) is 47.5. The molecule has 1 nitrogen and oxygen atoms in total. The van der Waals surface area contributed by atoms with Crippen LogP contribution in [0.5, 0.6) is 0 Å². The zero-order valence-corrected chi connectivity index (χ0v) is 39.5. The molecule has 0 saturated carbocycles. The summed E-state index contributed by atoms with van der Waals surface area (Å²) in [5, 5.41) is 9.93. The van der Waals surface area contributed by atoms with Gasteiger partial charge in [-0.3, -0.25) is 0 Å². The smallest absolute Gasteiger partial charge is 0.179 e. The number of rotatable bonds is 11. The third-order valence-electron chi connectivity index (χ3n) is 13.7. The van der Waals surface area contributed by atoms with E-state index >= 15 is 0 Å². The highest BCUT2D eigenvalue weighted by atomic mass is 28.3. The Morgan fingerprint density at radius 3 is 1.00 bits per heavy atom. The Balaban J connectivity index is 1.32. The average molecular weight is 922 g/mol. The Kier molecular flexibility index (Phi) is 8.46. The molecule has 326 valence electrons. The lowest BCUT2D eigenvalue weighted by atomic mass is 9.95. The van der Waals surface area contributed by atoms with Gasteiger partial charge in [-0.15, -0.1) is 0 Å². The summed E-state index contributed by atoms with van der Waals surface area (Å²) in [6.07, 6.45) is 0. The van der Waals surface area contributed by atoms with E-state index in [1.807, 2.05) is 108 Å². The van der Waals surface area contributed by atoms with Crippen LogP contribution in [0.2, 0.25) is 0 Å². The predicted molar refractivity (Wildman–Crippen MR) is 299 cm³/mol. The Labute approximate surface area is 421 Å². The van der Waals surface area contributed by atoms with E-state index in [4.69, 9.17) is 2.74 Å². The predicted octanol–water partition coefficient (Wildman–Crippen LogP) is 10.9. The zero-order chi connectivity index (χ0) is 54.7. The molecule has 0 aliphatic carbocycles.